The zero-order valence-corrected chi connectivity index (χ0v) is 13.1. The molecule has 0 aliphatic heterocycles. The van der Waals surface area contributed by atoms with Gasteiger partial charge in [-0.15, -0.1) is 0 Å². The van der Waals surface area contributed by atoms with Gasteiger partial charge in [-0.2, -0.15) is 5.10 Å². The molecule has 3 heteroatoms. The van der Waals surface area contributed by atoms with E-state index in [0.717, 1.165) is 12.1 Å². The minimum atomic E-state index is 0.399. The maximum Gasteiger partial charge on any atom is 0.0672 e. The Hall–Kier alpha value is -1.61. The number of hydrogen-bond donors (Lipinski definition) is 1. The van der Waals surface area contributed by atoms with E-state index in [1.807, 2.05) is 11.7 Å². The van der Waals surface area contributed by atoms with Gasteiger partial charge >= 0.3 is 0 Å². The average Bonchev–Trinajstić information content (AvgIpc) is 2.83. The molecule has 1 heterocycles. The summed E-state index contributed by atoms with van der Waals surface area (Å²) < 4.78 is 2.03. The molecule has 1 unspecified atom stereocenters. The number of benzene rings is 1. The van der Waals surface area contributed by atoms with Crippen LogP contribution in [0.1, 0.15) is 50.5 Å². The zero-order valence-electron chi connectivity index (χ0n) is 13.1. The Bertz CT molecular complexity index is 548. The molecule has 1 aromatic carbocycles. The molecule has 1 N–H and O–H groups in total. The molecular formula is C17H25N3. The molecule has 2 rings (SSSR count). The molecule has 2 aromatic rings. The predicted molar refractivity (Wildman–Crippen MR) is 84.9 cm³/mol. The van der Waals surface area contributed by atoms with E-state index in [0.29, 0.717) is 12.1 Å². The van der Waals surface area contributed by atoms with Crippen LogP contribution in [0.5, 0.6) is 0 Å². The van der Waals surface area contributed by atoms with Crippen molar-refractivity contribution in [1.82, 2.24) is 15.1 Å². The molecule has 0 bridgehead atoms. The summed E-state index contributed by atoms with van der Waals surface area (Å²) in [5.41, 5.74) is 4.90. The van der Waals surface area contributed by atoms with E-state index in [1.54, 1.807) is 0 Å². The number of nitrogens with one attached hydrogen (secondary N) is 1. The molecule has 3 nitrogen and oxygen atoms in total. The van der Waals surface area contributed by atoms with E-state index >= 15 is 0 Å². The molecule has 1 atom stereocenters. The third-order valence-electron chi connectivity index (χ3n) is 3.83. The first-order chi connectivity index (χ1) is 9.56. The van der Waals surface area contributed by atoms with Crippen LogP contribution in [0.3, 0.4) is 0 Å². The van der Waals surface area contributed by atoms with Gasteiger partial charge in [-0.05, 0) is 45.4 Å². The minimum Gasteiger partial charge on any atom is -0.313 e. The lowest BCUT2D eigenvalue weighted by Gasteiger charge is -2.14. The number of aromatic nitrogens is 2. The van der Waals surface area contributed by atoms with Crippen LogP contribution in [-0.2, 0) is 0 Å². The smallest absolute Gasteiger partial charge is 0.0672 e. The molecule has 108 valence electrons. The first kappa shape index (κ1) is 14.8. The topological polar surface area (TPSA) is 29.9 Å². The van der Waals surface area contributed by atoms with Crippen LogP contribution in [0.2, 0.25) is 0 Å². The minimum absolute atomic E-state index is 0.399. The van der Waals surface area contributed by atoms with E-state index in [2.05, 4.69) is 68.6 Å². The van der Waals surface area contributed by atoms with Crippen molar-refractivity contribution in [2.45, 2.75) is 46.2 Å². The summed E-state index contributed by atoms with van der Waals surface area (Å²) in [7, 11) is 2.01. The largest absolute Gasteiger partial charge is 0.313 e. The van der Waals surface area contributed by atoms with Gasteiger partial charge in [-0.25, -0.2) is 0 Å². The summed E-state index contributed by atoms with van der Waals surface area (Å²) in [5, 5.41) is 7.92. The Balaban J connectivity index is 2.30. The van der Waals surface area contributed by atoms with Gasteiger partial charge in [-0.3, -0.25) is 4.68 Å². The Morgan fingerprint density at radius 3 is 2.30 bits per heavy atom. The van der Waals surface area contributed by atoms with Crippen LogP contribution in [-0.4, -0.2) is 16.8 Å². The Morgan fingerprint density at radius 2 is 1.85 bits per heavy atom. The second kappa shape index (κ2) is 6.23. The van der Waals surface area contributed by atoms with Gasteiger partial charge in [0.2, 0.25) is 0 Å². The molecule has 0 fully saturated rings. The van der Waals surface area contributed by atoms with Crippen LogP contribution < -0.4 is 5.32 Å². The first-order valence-electron chi connectivity index (χ1n) is 7.40. The molecular weight excluding hydrogens is 246 g/mol. The molecule has 1 aromatic heterocycles. The van der Waals surface area contributed by atoms with Gasteiger partial charge in [0.15, 0.2) is 0 Å². The SMILES string of the molecule is CCC(NC)c1ccc(-c2cn(C(C)C)nc2C)cc1. The van der Waals surface area contributed by atoms with E-state index in [4.69, 9.17) is 0 Å². The lowest BCUT2D eigenvalue weighted by molar-refractivity contribution is 0.529. The number of rotatable bonds is 5. The molecule has 0 saturated heterocycles. The van der Waals surface area contributed by atoms with Gasteiger partial charge in [-0.1, -0.05) is 31.2 Å². The standard InChI is InChI=1S/C17H25N3/c1-6-17(18-5)15-9-7-14(8-10-15)16-11-20(12(2)3)19-13(16)4/h7-12,17-18H,6H2,1-5H3. The van der Waals surface area contributed by atoms with Crippen molar-refractivity contribution in [3.8, 4) is 11.1 Å². The molecule has 0 radical (unpaired) electrons. The van der Waals surface area contributed by atoms with Crippen LogP contribution in [0, 0.1) is 6.92 Å². The van der Waals surface area contributed by atoms with Crippen LogP contribution in [0.4, 0.5) is 0 Å². The number of hydrogen-bond acceptors (Lipinski definition) is 2. The highest BCUT2D eigenvalue weighted by Crippen LogP contribution is 2.26. The quantitative estimate of drug-likeness (QED) is 0.887. The maximum absolute atomic E-state index is 4.58. The fourth-order valence-electron chi connectivity index (χ4n) is 2.53. The van der Waals surface area contributed by atoms with Gasteiger partial charge in [0.25, 0.3) is 0 Å². The normalized spacial score (nSPS) is 12.9. The van der Waals surface area contributed by atoms with Gasteiger partial charge in [0.05, 0.1) is 5.69 Å². The summed E-state index contributed by atoms with van der Waals surface area (Å²) in [4.78, 5) is 0. The zero-order chi connectivity index (χ0) is 14.7. The molecule has 20 heavy (non-hydrogen) atoms. The van der Waals surface area contributed by atoms with Crippen molar-refractivity contribution < 1.29 is 0 Å². The Labute approximate surface area is 122 Å². The van der Waals surface area contributed by atoms with Crippen molar-refractivity contribution >= 4 is 0 Å². The summed E-state index contributed by atoms with van der Waals surface area (Å²) in [6.07, 6.45) is 3.24. The Kier molecular flexibility index (Phi) is 4.61. The molecule has 0 saturated carbocycles. The van der Waals surface area contributed by atoms with Crippen molar-refractivity contribution in [2.75, 3.05) is 7.05 Å². The van der Waals surface area contributed by atoms with Crippen LogP contribution in [0.15, 0.2) is 30.5 Å². The highest BCUT2D eigenvalue weighted by molar-refractivity contribution is 5.65. The number of nitrogens with zero attached hydrogens (tertiary/aromatic N) is 2. The van der Waals surface area contributed by atoms with Crippen LogP contribution >= 0.6 is 0 Å². The van der Waals surface area contributed by atoms with Crippen molar-refractivity contribution in [3.63, 3.8) is 0 Å². The lowest BCUT2D eigenvalue weighted by atomic mass is 10.00. The van der Waals surface area contributed by atoms with E-state index < -0.39 is 0 Å². The van der Waals surface area contributed by atoms with Crippen molar-refractivity contribution in [3.05, 3.63) is 41.7 Å². The maximum atomic E-state index is 4.58. The average molecular weight is 271 g/mol. The fourth-order valence-corrected chi connectivity index (χ4v) is 2.53. The second-order valence-corrected chi connectivity index (χ2v) is 5.57. The summed E-state index contributed by atoms with van der Waals surface area (Å²) >= 11 is 0. The third kappa shape index (κ3) is 2.93. The highest BCUT2D eigenvalue weighted by atomic mass is 15.3. The molecule has 0 aliphatic rings. The third-order valence-corrected chi connectivity index (χ3v) is 3.83. The summed E-state index contributed by atoms with van der Waals surface area (Å²) in [5.74, 6) is 0. The van der Waals surface area contributed by atoms with Crippen LogP contribution in [0.25, 0.3) is 11.1 Å². The second-order valence-electron chi connectivity index (χ2n) is 5.57. The monoisotopic (exact) mass is 271 g/mol. The van der Waals surface area contributed by atoms with Gasteiger partial charge in [0.1, 0.15) is 0 Å². The van der Waals surface area contributed by atoms with Gasteiger partial charge in [0, 0.05) is 23.8 Å². The van der Waals surface area contributed by atoms with E-state index in [-0.39, 0.29) is 0 Å². The molecule has 0 aliphatic carbocycles. The fraction of sp³-hybridized carbons (Fsp3) is 0.471. The van der Waals surface area contributed by atoms with Crippen molar-refractivity contribution in [1.29, 1.82) is 0 Å². The summed E-state index contributed by atoms with van der Waals surface area (Å²) in [6, 6.07) is 9.66. The lowest BCUT2D eigenvalue weighted by Crippen LogP contribution is -2.14. The summed E-state index contributed by atoms with van der Waals surface area (Å²) in [6.45, 7) is 8.58. The molecule has 0 amide bonds. The highest BCUT2D eigenvalue weighted by Gasteiger charge is 2.10. The Morgan fingerprint density at radius 1 is 1.20 bits per heavy atom. The first-order valence-corrected chi connectivity index (χ1v) is 7.40. The molecule has 0 spiro atoms. The predicted octanol–water partition coefficient (Wildman–Crippen LogP) is 4.11. The van der Waals surface area contributed by atoms with Gasteiger partial charge < -0.3 is 5.32 Å². The van der Waals surface area contributed by atoms with Crippen molar-refractivity contribution in [2.24, 2.45) is 0 Å². The van der Waals surface area contributed by atoms with E-state index in [9.17, 15) is 0 Å². The van der Waals surface area contributed by atoms with E-state index in [1.165, 1.54) is 16.7 Å². The number of aryl methyl sites for hydroxylation is 1.